The molecule has 7 nitrogen and oxygen atoms in total. The zero-order chi connectivity index (χ0) is 25.1. The van der Waals surface area contributed by atoms with Gasteiger partial charge in [-0.25, -0.2) is 14.4 Å². The zero-order valence-electron chi connectivity index (χ0n) is 20.4. The van der Waals surface area contributed by atoms with E-state index in [1.807, 2.05) is 12.1 Å². The lowest BCUT2D eigenvalue weighted by Gasteiger charge is -2.19. The summed E-state index contributed by atoms with van der Waals surface area (Å²) in [7, 11) is 2.12. The van der Waals surface area contributed by atoms with Crippen molar-refractivity contribution in [3.05, 3.63) is 47.5 Å². The summed E-state index contributed by atoms with van der Waals surface area (Å²) in [4.78, 5) is 24.0. The number of benzene rings is 2. The van der Waals surface area contributed by atoms with Gasteiger partial charge < -0.3 is 20.3 Å². The number of aromatic nitrogens is 2. The molecule has 0 spiro atoms. The van der Waals surface area contributed by atoms with Gasteiger partial charge in [0.05, 0.1) is 22.3 Å². The quantitative estimate of drug-likeness (QED) is 0.332. The third kappa shape index (κ3) is 6.05. The predicted octanol–water partition coefficient (Wildman–Crippen LogP) is 6.30. The molecule has 0 atom stereocenters. The summed E-state index contributed by atoms with van der Waals surface area (Å²) >= 11 is 5.95. The van der Waals surface area contributed by atoms with Crippen molar-refractivity contribution in [3.8, 4) is 5.75 Å². The Hall–Kier alpha value is -2.97. The Morgan fingerprint density at radius 2 is 1.97 bits per heavy atom. The molecule has 0 saturated heterocycles. The topological polar surface area (TPSA) is 79.4 Å². The summed E-state index contributed by atoms with van der Waals surface area (Å²) in [5.74, 6) is 0.604. The van der Waals surface area contributed by atoms with E-state index in [1.165, 1.54) is 31.3 Å². The molecule has 0 radical (unpaired) electrons. The van der Waals surface area contributed by atoms with Gasteiger partial charge in [-0.2, -0.15) is 0 Å². The first-order valence-corrected chi connectivity index (χ1v) is 13.0. The van der Waals surface area contributed by atoms with Crippen LogP contribution in [0.5, 0.6) is 5.75 Å². The standard InChI is InChI=1S/C27H31ClFN5O2/c1-34(18-9-10-18)12-4-7-26(35)33-24-14-20-23(15-25(24)36-19-5-2-3-6-19)30-16-31-27(20)32-17-8-11-22(29)21(28)13-17/h8,11,13-16,18-19H,2-7,9-10,12H2,1H3,(H,33,35)(H,30,31,32). The number of nitrogens with zero attached hydrogens (tertiary/aromatic N) is 3. The maximum atomic E-state index is 13.6. The van der Waals surface area contributed by atoms with Gasteiger partial charge in [0.25, 0.3) is 0 Å². The van der Waals surface area contributed by atoms with E-state index in [1.54, 1.807) is 6.07 Å². The molecule has 5 rings (SSSR count). The van der Waals surface area contributed by atoms with Gasteiger partial charge in [-0.15, -0.1) is 0 Å². The molecule has 0 aliphatic heterocycles. The number of nitrogens with one attached hydrogen (secondary N) is 2. The molecule has 2 aromatic carbocycles. The lowest BCUT2D eigenvalue weighted by molar-refractivity contribution is -0.116. The van der Waals surface area contributed by atoms with Crippen LogP contribution in [-0.4, -0.2) is 46.5 Å². The van der Waals surface area contributed by atoms with Gasteiger partial charge in [-0.05, 0) is 82.8 Å². The minimum atomic E-state index is -0.489. The average Bonchev–Trinajstić information content (AvgIpc) is 3.59. The van der Waals surface area contributed by atoms with Gasteiger partial charge in [-0.1, -0.05) is 11.6 Å². The number of amides is 1. The van der Waals surface area contributed by atoms with E-state index >= 15 is 0 Å². The van der Waals surface area contributed by atoms with Crippen LogP contribution in [0, 0.1) is 5.82 Å². The molecule has 3 aromatic rings. The van der Waals surface area contributed by atoms with E-state index in [0.717, 1.165) is 38.6 Å². The normalized spacial score (nSPS) is 16.0. The number of rotatable bonds is 10. The fourth-order valence-electron chi connectivity index (χ4n) is 4.67. The van der Waals surface area contributed by atoms with Crippen LogP contribution < -0.4 is 15.4 Å². The van der Waals surface area contributed by atoms with Gasteiger partial charge in [-0.3, -0.25) is 4.79 Å². The number of carbonyl (C=O) groups excluding carboxylic acids is 1. The minimum Gasteiger partial charge on any atom is -0.488 e. The third-order valence-corrected chi connectivity index (χ3v) is 7.16. The van der Waals surface area contributed by atoms with E-state index < -0.39 is 5.82 Å². The van der Waals surface area contributed by atoms with Crippen molar-refractivity contribution < 1.29 is 13.9 Å². The molecular weight excluding hydrogens is 481 g/mol. The molecule has 2 aliphatic carbocycles. The van der Waals surface area contributed by atoms with E-state index in [2.05, 4.69) is 32.5 Å². The molecule has 1 heterocycles. The molecule has 0 unspecified atom stereocenters. The van der Waals surface area contributed by atoms with Gasteiger partial charge in [0, 0.05) is 29.6 Å². The lowest BCUT2D eigenvalue weighted by atomic mass is 10.1. The highest BCUT2D eigenvalue weighted by Gasteiger charge is 2.25. The van der Waals surface area contributed by atoms with Crippen LogP contribution in [0.1, 0.15) is 51.4 Å². The van der Waals surface area contributed by atoms with Crippen molar-refractivity contribution in [3.63, 3.8) is 0 Å². The average molecular weight is 512 g/mol. The summed E-state index contributed by atoms with van der Waals surface area (Å²) in [6.07, 6.45) is 9.62. The molecule has 1 aromatic heterocycles. The molecule has 2 fully saturated rings. The van der Waals surface area contributed by atoms with Crippen LogP contribution in [0.2, 0.25) is 5.02 Å². The van der Waals surface area contributed by atoms with Crippen molar-refractivity contribution >= 4 is 45.6 Å². The monoisotopic (exact) mass is 511 g/mol. The number of halogens is 2. The van der Waals surface area contributed by atoms with E-state index in [-0.39, 0.29) is 17.0 Å². The second kappa shape index (κ2) is 11.0. The minimum absolute atomic E-state index is 0.0193. The summed E-state index contributed by atoms with van der Waals surface area (Å²) < 4.78 is 19.9. The number of anilines is 3. The van der Waals surface area contributed by atoms with Crippen LogP contribution in [0.3, 0.4) is 0 Å². The van der Waals surface area contributed by atoms with Gasteiger partial charge in [0.1, 0.15) is 23.7 Å². The molecular formula is C27H31ClFN5O2. The number of fused-ring (bicyclic) bond motifs is 1. The Morgan fingerprint density at radius 3 is 2.72 bits per heavy atom. The van der Waals surface area contributed by atoms with Crippen LogP contribution in [0.15, 0.2) is 36.7 Å². The number of carbonyl (C=O) groups is 1. The van der Waals surface area contributed by atoms with Crippen molar-refractivity contribution in [2.75, 3.05) is 24.2 Å². The molecule has 1 amide bonds. The highest BCUT2D eigenvalue weighted by Crippen LogP contribution is 2.36. The molecule has 0 bridgehead atoms. The molecule has 36 heavy (non-hydrogen) atoms. The fourth-order valence-corrected chi connectivity index (χ4v) is 4.86. The highest BCUT2D eigenvalue weighted by molar-refractivity contribution is 6.31. The van der Waals surface area contributed by atoms with Crippen molar-refractivity contribution in [2.45, 2.75) is 63.5 Å². The summed E-state index contributed by atoms with van der Waals surface area (Å²) in [5.41, 5.74) is 1.88. The Bertz CT molecular complexity index is 1250. The summed E-state index contributed by atoms with van der Waals surface area (Å²) in [6.45, 7) is 0.906. The maximum Gasteiger partial charge on any atom is 0.224 e. The smallest absolute Gasteiger partial charge is 0.224 e. The Labute approximate surface area is 215 Å². The largest absolute Gasteiger partial charge is 0.488 e. The Morgan fingerprint density at radius 1 is 1.17 bits per heavy atom. The van der Waals surface area contributed by atoms with Gasteiger partial charge in [0.2, 0.25) is 5.91 Å². The molecule has 2 aliphatic rings. The van der Waals surface area contributed by atoms with Gasteiger partial charge in [0.15, 0.2) is 0 Å². The first-order valence-electron chi connectivity index (χ1n) is 12.6. The second-order valence-corrected chi connectivity index (χ2v) is 10.1. The lowest BCUT2D eigenvalue weighted by Crippen LogP contribution is -2.23. The highest BCUT2D eigenvalue weighted by atomic mass is 35.5. The second-order valence-electron chi connectivity index (χ2n) is 9.73. The van der Waals surface area contributed by atoms with Crippen molar-refractivity contribution in [1.29, 1.82) is 0 Å². The van der Waals surface area contributed by atoms with Crippen LogP contribution >= 0.6 is 11.6 Å². The van der Waals surface area contributed by atoms with Crippen LogP contribution in [0.4, 0.5) is 21.6 Å². The number of hydrogen-bond acceptors (Lipinski definition) is 6. The fraction of sp³-hybridized carbons (Fsp3) is 0.444. The van der Waals surface area contributed by atoms with Crippen molar-refractivity contribution in [1.82, 2.24) is 14.9 Å². The molecule has 2 saturated carbocycles. The van der Waals surface area contributed by atoms with Crippen LogP contribution in [-0.2, 0) is 4.79 Å². The first-order chi connectivity index (χ1) is 17.5. The van der Waals surface area contributed by atoms with E-state index in [9.17, 15) is 9.18 Å². The molecule has 2 N–H and O–H groups in total. The van der Waals surface area contributed by atoms with Crippen molar-refractivity contribution in [2.24, 2.45) is 0 Å². The summed E-state index contributed by atoms with van der Waals surface area (Å²) in [5, 5.41) is 6.98. The predicted molar refractivity (Wildman–Crippen MR) is 141 cm³/mol. The Kier molecular flexibility index (Phi) is 7.53. The molecule has 9 heteroatoms. The third-order valence-electron chi connectivity index (χ3n) is 6.87. The SMILES string of the molecule is CN(CCCC(=O)Nc1cc2c(Nc3ccc(F)c(Cl)c3)ncnc2cc1OC1CCCC1)C1CC1. The zero-order valence-corrected chi connectivity index (χ0v) is 21.2. The number of hydrogen-bond donors (Lipinski definition) is 2. The van der Waals surface area contributed by atoms with Crippen LogP contribution in [0.25, 0.3) is 10.9 Å². The maximum absolute atomic E-state index is 13.6. The summed E-state index contributed by atoms with van der Waals surface area (Å²) in [6, 6.07) is 8.78. The first kappa shape index (κ1) is 24.7. The molecule has 190 valence electrons. The number of ether oxygens (including phenoxy) is 1. The Balaban J connectivity index is 1.39. The van der Waals surface area contributed by atoms with Gasteiger partial charge >= 0.3 is 0 Å². The van der Waals surface area contributed by atoms with E-state index in [4.69, 9.17) is 16.3 Å². The van der Waals surface area contributed by atoms with E-state index in [0.29, 0.717) is 46.3 Å².